The minimum absolute atomic E-state index is 0.0417. The topological polar surface area (TPSA) is 189 Å². The second kappa shape index (κ2) is 18.6. The fourth-order valence-corrected chi connectivity index (χ4v) is 10.6. The maximum absolute atomic E-state index is 17.0. The number of halogens is 1. The molecule has 0 spiro atoms. The fourth-order valence-electron chi connectivity index (χ4n) is 10.6. The number of phenols is 2. The summed E-state index contributed by atoms with van der Waals surface area (Å²) in [5.41, 5.74) is 2.79. The smallest absolute Gasteiger partial charge is 0.319 e. The predicted octanol–water partition coefficient (Wildman–Crippen LogP) is 4.35. The molecule has 3 atom stereocenters. The molecule has 17 heteroatoms. The third kappa shape index (κ3) is 9.03. The zero-order valence-corrected chi connectivity index (χ0v) is 37.3. The lowest BCUT2D eigenvalue weighted by molar-refractivity contribution is -0.134. The number of ether oxygens (including phenoxy) is 1. The van der Waals surface area contributed by atoms with E-state index in [1.165, 1.54) is 6.07 Å². The Hall–Kier alpha value is -6.17. The molecule has 0 saturated carbocycles. The van der Waals surface area contributed by atoms with Gasteiger partial charge in [-0.3, -0.25) is 29.6 Å². The number of pyridine rings is 1. The van der Waals surface area contributed by atoms with Crippen molar-refractivity contribution in [1.82, 2.24) is 40.7 Å². The monoisotopic (exact) mass is 900 g/mol. The number of imide groups is 1. The van der Waals surface area contributed by atoms with Crippen LogP contribution in [0.25, 0.3) is 32.9 Å². The largest absolute Gasteiger partial charge is 0.508 e. The summed E-state index contributed by atoms with van der Waals surface area (Å²) in [7, 11) is 0. The molecule has 0 radical (unpaired) electrons. The second-order valence-corrected chi connectivity index (χ2v) is 18.5. The molecule has 5 saturated heterocycles. The molecule has 346 valence electrons. The molecule has 5 aliphatic heterocycles. The number of rotatable bonds is 12. The number of anilines is 2. The molecule has 3 aromatic carbocycles. The number of aromatic hydroxyl groups is 2. The highest BCUT2D eigenvalue weighted by Crippen LogP contribution is 2.39. The van der Waals surface area contributed by atoms with Gasteiger partial charge in [0, 0.05) is 101 Å². The number of hydrogen-bond donors (Lipinski definition) is 5. The van der Waals surface area contributed by atoms with Gasteiger partial charge in [-0.1, -0.05) is 25.1 Å². The van der Waals surface area contributed by atoms with Gasteiger partial charge in [0.2, 0.25) is 11.8 Å². The molecule has 5 aliphatic rings. The van der Waals surface area contributed by atoms with Gasteiger partial charge in [-0.2, -0.15) is 9.97 Å². The molecule has 3 unspecified atom stereocenters. The van der Waals surface area contributed by atoms with Crippen LogP contribution >= 0.6 is 0 Å². The number of phenolic OH excluding ortho intramolecular Hbond substituents is 2. The van der Waals surface area contributed by atoms with Crippen LogP contribution in [0, 0.1) is 11.7 Å². The average Bonchev–Trinajstić information content (AvgIpc) is 3.66. The number of carbonyl (C=O) groups is 3. The van der Waals surface area contributed by atoms with Gasteiger partial charge in [0.05, 0.1) is 10.9 Å². The van der Waals surface area contributed by atoms with Crippen molar-refractivity contribution in [2.75, 3.05) is 81.9 Å². The summed E-state index contributed by atoms with van der Waals surface area (Å²) in [5.74, 6) is -0.972. The van der Waals surface area contributed by atoms with E-state index in [1.54, 1.807) is 24.4 Å². The summed E-state index contributed by atoms with van der Waals surface area (Å²) in [6.07, 6.45) is 6.95. The van der Waals surface area contributed by atoms with E-state index in [0.29, 0.717) is 47.9 Å². The number of amides is 3. The lowest BCUT2D eigenvalue weighted by Gasteiger charge is -2.39. The zero-order chi connectivity index (χ0) is 45.5. The SMILES string of the molecule is CCc1cccc2cc(O)cc(-c3ncc4c(N5CC6CCC(C5)N6)nc(OCCN5CCN(CC6CCN(c7ccc(O)c(C(=O)NC8CCC(=O)NC8=O)c7)CC6)CC5)nc4c3F)c12. The van der Waals surface area contributed by atoms with Crippen molar-refractivity contribution in [3.63, 3.8) is 0 Å². The highest BCUT2D eigenvalue weighted by molar-refractivity contribution is 6.05. The van der Waals surface area contributed by atoms with Gasteiger partial charge in [0.15, 0.2) is 5.82 Å². The van der Waals surface area contributed by atoms with Crippen molar-refractivity contribution >= 4 is 50.9 Å². The summed E-state index contributed by atoms with van der Waals surface area (Å²) in [4.78, 5) is 60.5. The van der Waals surface area contributed by atoms with Crippen LogP contribution < -0.4 is 30.5 Å². The van der Waals surface area contributed by atoms with Gasteiger partial charge in [-0.15, -0.1) is 0 Å². The van der Waals surface area contributed by atoms with Crippen molar-refractivity contribution in [2.24, 2.45) is 5.92 Å². The first-order chi connectivity index (χ1) is 32.1. The average molecular weight is 901 g/mol. The van der Waals surface area contributed by atoms with Crippen LogP contribution in [0.5, 0.6) is 17.5 Å². The van der Waals surface area contributed by atoms with Crippen molar-refractivity contribution in [2.45, 2.75) is 70.0 Å². The van der Waals surface area contributed by atoms with E-state index in [2.05, 4.69) is 42.5 Å². The summed E-state index contributed by atoms with van der Waals surface area (Å²) in [5, 5.41) is 32.0. The Labute approximate surface area is 382 Å². The maximum atomic E-state index is 17.0. The number of hydrogen-bond acceptors (Lipinski definition) is 14. The summed E-state index contributed by atoms with van der Waals surface area (Å²) < 4.78 is 23.3. The Balaban J connectivity index is 0.757. The molecular weight excluding hydrogens is 844 g/mol. The van der Waals surface area contributed by atoms with E-state index in [4.69, 9.17) is 19.7 Å². The minimum Gasteiger partial charge on any atom is -0.508 e. The second-order valence-electron chi connectivity index (χ2n) is 18.5. The first-order valence-electron chi connectivity index (χ1n) is 23.5. The number of nitrogens with zero attached hydrogens (tertiary/aromatic N) is 7. The normalized spacial score (nSPS) is 22.0. The van der Waals surface area contributed by atoms with E-state index in [1.807, 2.05) is 24.3 Å². The van der Waals surface area contributed by atoms with Crippen LogP contribution in [0.3, 0.4) is 0 Å². The van der Waals surface area contributed by atoms with Crippen LogP contribution in [0.4, 0.5) is 15.9 Å². The Morgan fingerprint density at radius 1 is 0.909 bits per heavy atom. The van der Waals surface area contributed by atoms with Crippen LogP contribution in [0.15, 0.2) is 54.7 Å². The van der Waals surface area contributed by atoms with Crippen molar-refractivity contribution < 1.29 is 33.7 Å². The van der Waals surface area contributed by atoms with Crippen molar-refractivity contribution in [3.8, 4) is 28.8 Å². The number of nitrogens with one attached hydrogen (secondary N) is 3. The van der Waals surface area contributed by atoms with Gasteiger partial charge in [0.25, 0.3) is 5.91 Å². The maximum Gasteiger partial charge on any atom is 0.319 e. The Morgan fingerprint density at radius 3 is 2.44 bits per heavy atom. The highest BCUT2D eigenvalue weighted by Gasteiger charge is 2.35. The quantitative estimate of drug-likeness (QED) is 0.111. The molecular formula is C49H57FN10O6. The predicted molar refractivity (Wildman–Crippen MR) is 248 cm³/mol. The number of benzene rings is 3. The molecule has 16 nitrogen and oxygen atoms in total. The fraction of sp³-hybridized carbons (Fsp3) is 0.469. The first kappa shape index (κ1) is 43.7. The van der Waals surface area contributed by atoms with Gasteiger partial charge < -0.3 is 40.3 Å². The molecule has 2 aromatic heterocycles. The van der Waals surface area contributed by atoms with E-state index in [-0.39, 0.29) is 53.0 Å². The van der Waals surface area contributed by atoms with Crippen LogP contribution in [0.1, 0.15) is 61.4 Å². The Bertz CT molecular complexity index is 2660. The summed E-state index contributed by atoms with van der Waals surface area (Å²) in [6, 6.07) is 14.2. The third-order valence-corrected chi connectivity index (χ3v) is 14.2. The number of piperazine rings is 2. The van der Waals surface area contributed by atoms with E-state index in [0.717, 1.165) is 113 Å². The standard InChI is InChI=1S/C49H57FN10O6/c1-2-30-4-3-5-31-22-35(61)24-37(42(30)31)44-43(50)45-38(25-51-44)46(60-27-32-6-7-33(28-60)52-32)56-49(55-45)66-21-20-57-16-18-58(19-17-57)26-29-12-14-59(15-13-29)34-8-10-40(62)36(23-34)47(64)53-39-9-11-41(63)54-48(39)65/h3-5,8,10,22-25,29,32-33,39,52,61-62H,2,6-7,9,11-21,26-28H2,1H3,(H,53,64)(H,54,63,65). The van der Waals surface area contributed by atoms with Gasteiger partial charge in [0.1, 0.15) is 41.2 Å². The highest BCUT2D eigenvalue weighted by atomic mass is 19.1. The molecule has 5 fully saturated rings. The third-order valence-electron chi connectivity index (χ3n) is 14.2. The summed E-state index contributed by atoms with van der Waals surface area (Å²) in [6.45, 7) is 10.9. The van der Waals surface area contributed by atoms with E-state index < -0.39 is 23.7 Å². The molecule has 0 aliphatic carbocycles. The number of carbonyl (C=O) groups excluding carboxylic acids is 3. The lowest BCUT2D eigenvalue weighted by Crippen LogP contribution is -2.52. The number of aryl methyl sites for hydroxylation is 1. The first-order valence-corrected chi connectivity index (χ1v) is 23.5. The molecule has 2 bridgehead atoms. The Kier molecular flexibility index (Phi) is 12.3. The van der Waals surface area contributed by atoms with Crippen LogP contribution in [0.2, 0.25) is 0 Å². The molecule has 66 heavy (non-hydrogen) atoms. The number of aromatic nitrogens is 3. The number of piperidine rings is 2. The van der Waals surface area contributed by atoms with Gasteiger partial charge in [-0.05, 0) is 91.1 Å². The molecule has 10 rings (SSSR count). The molecule has 3 amide bonds. The summed E-state index contributed by atoms with van der Waals surface area (Å²) >= 11 is 0. The van der Waals surface area contributed by atoms with Crippen LogP contribution in [-0.4, -0.2) is 143 Å². The van der Waals surface area contributed by atoms with Crippen molar-refractivity contribution in [1.29, 1.82) is 0 Å². The van der Waals surface area contributed by atoms with E-state index in [9.17, 15) is 24.6 Å². The molecule has 5 N–H and O–H groups in total. The minimum atomic E-state index is -0.824. The van der Waals surface area contributed by atoms with Gasteiger partial charge >= 0.3 is 6.01 Å². The Morgan fingerprint density at radius 2 is 1.68 bits per heavy atom. The zero-order valence-electron chi connectivity index (χ0n) is 37.3. The molecule has 5 aromatic rings. The van der Waals surface area contributed by atoms with Crippen LogP contribution in [-0.2, 0) is 16.0 Å². The van der Waals surface area contributed by atoms with E-state index >= 15 is 4.39 Å². The number of fused-ring (bicyclic) bond motifs is 4. The lowest BCUT2D eigenvalue weighted by atomic mass is 9.95. The van der Waals surface area contributed by atoms with Gasteiger partial charge in [-0.25, -0.2) is 4.39 Å². The van der Waals surface area contributed by atoms with Crippen molar-refractivity contribution in [3.05, 3.63) is 71.7 Å². The molecule has 7 heterocycles.